The van der Waals surface area contributed by atoms with Crippen LogP contribution in [0.5, 0.6) is 11.5 Å². The van der Waals surface area contributed by atoms with Crippen LogP contribution in [-0.4, -0.2) is 12.2 Å². The first-order valence-corrected chi connectivity index (χ1v) is 8.16. The van der Waals surface area contributed by atoms with Crippen molar-refractivity contribution in [3.05, 3.63) is 48.5 Å². The first kappa shape index (κ1) is 16.4. The molecule has 2 atom stereocenters. The fourth-order valence-electron chi connectivity index (χ4n) is 2.08. The summed E-state index contributed by atoms with van der Waals surface area (Å²) in [5, 5.41) is 0. The molecule has 0 aliphatic heterocycles. The zero-order valence-electron chi connectivity index (χ0n) is 14.0. The second kappa shape index (κ2) is 7.88. The lowest BCUT2D eigenvalue weighted by Crippen LogP contribution is -2.09. The van der Waals surface area contributed by atoms with Gasteiger partial charge in [-0.25, -0.2) is 0 Å². The first-order chi connectivity index (χ1) is 10.6. The molecule has 2 aromatic rings. The third kappa shape index (κ3) is 4.52. The van der Waals surface area contributed by atoms with E-state index in [2.05, 4.69) is 52.0 Å². The summed E-state index contributed by atoms with van der Waals surface area (Å²) in [6.45, 7) is 8.43. The third-order valence-corrected chi connectivity index (χ3v) is 3.87. The highest BCUT2D eigenvalue weighted by atomic mass is 16.5. The van der Waals surface area contributed by atoms with Gasteiger partial charge in [0, 0.05) is 0 Å². The van der Waals surface area contributed by atoms with Crippen LogP contribution in [0, 0.1) is 0 Å². The smallest absolute Gasteiger partial charge is 0.119 e. The maximum atomic E-state index is 5.81. The molecule has 2 rings (SSSR count). The van der Waals surface area contributed by atoms with E-state index >= 15 is 0 Å². The Labute approximate surface area is 134 Å². The molecule has 0 bridgehead atoms. The monoisotopic (exact) mass is 298 g/mol. The van der Waals surface area contributed by atoms with E-state index in [-0.39, 0.29) is 12.2 Å². The van der Waals surface area contributed by atoms with Gasteiger partial charge in [0.15, 0.2) is 0 Å². The lowest BCUT2D eigenvalue weighted by Gasteiger charge is -2.14. The van der Waals surface area contributed by atoms with Crippen LogP contribution in [0.3, 0.4) is 0 Å². The highest BCUT2D eigenvalue weighted by molar-refractivity contribution is 5.64. The minimum absolute atomic E-state index is 0.253. The van der Waals surface area contributed by atoms with E-state index in [4.69, 9.17) is 9.47 Å². The average molecular weight is 298 g/mol. The molecule has 0 saturated heterocycles. The van der Waals surface area contributed by atoms with Gasteiger partial charge in [-0.05, 0) is 62.1 Å². The Bertz CT molecular complexity index is 504. The van der Waals surface area contributed by atoms with Gasteiger partial charge in [0.2, 0.25) is 0 Å². The molecule has 0 unspecified atom stereocenters. The van der Waals surface area contributed by atoms with Gasteiger partial charge in [-0.15, -0.1) is 0 Å². The SMILES string of the molecule is CC[C@@H](C)Oc1ccc(-c2ccc(O[C@H](C)CC)cc2)cc1. The maximum absolute atomic E-state index is 5.81. The summed E-state index contributed by atoms with van der Waals surface area (Å²) in [4.78, 5) is 0. The molecule has 118 valence electrons. The van der Waals surface area contributed by atoms with Crippen LogP contribution in [0.15, 0.2) is 48.5 Å². The summed E-state index contributed by atoms with van der Waals surface area (Å²) in [6.07, 6.45) is 2.53. The largest absolute Gasteiger partial charge is 0.491 e. The van der Waals surface area contributed by atoms with Crippen LogP contribution >= 0.6 is 0 Å². The normalized spacial score (nSPS) is 13.5. The van der Waals surface area contributed by atoms with Gasteiger partial charge in [-0.3, -0.25) is 0 Å². The van der Waals surface area contributed by atoms with E-state index in [1.54, 1.807) is 0 Å². The molecule has 2 aromatic carbocycles. The molecule has 0 N–H and O–H groups in total. The molecule has 0 amide bonds. The van der Waals surface area contributed by atoms with E-state index in [0.717, 1.165) is 24.3 Å². The van der Waals surface area contributed by atoms with Gasteiger partial charge in [0.05, 0.1) is 12.2 Å². The number of benzene rings is 2. The molecule has 2 nitrogen and oxygen atoms in total. The molecular weight excluding hydrogens is 272 g/mol. The fraction of sp³-hybridized carbons (Fsp3) is 0.400. The molecule has 0 aromatic heterocycles. The van der Waals surface area contributed by atoms with Gasteiger partial charge in [0.25, 0.3) is 0 Å². The van der Waals surface area contributed by atoms with Crippen molar-refractivity contribution in [3.63, 3.8) is 0 Å². The predicted octanol–water partition coefficient (Wildman–Crippen LogP) is 5.71. The van der Waals surface area contributed by atoms with E-state index in [1.807, 2.05) is 24.3 Å². The van der Waals surface area contributed by atoms with Gasteiger partial charge in [-0.2, -0.15) is 0 Å². The van der Waals surface area contributed by atoms with Crippen LogP contribution in [0.4, 0.5) is 0 Å². The Kier molecular flexibility index (Phi) is 5.88. The summed E-state index contributed by atoms with van der Waals surface area (Å²) in [5.74, 6) is 1.85. The van der Waals surface area contributed by atoms with Crippen molar-refractivity contribution >= 4 is 0 Å². The van der Waals surface area contributed by atoms with Crippen LogP contribution < -0.4 is 9.47 Å². The second-order valence-corrected chi connectivity index (χ2v) is 5.72. The second-order valence-electron chi connectivity index (χ2n) is 5.72. The molecule has 0 aliphatic rings. The van der Waals surface area contributed by atoms with Crippen molar-refractivity contribution < 1.29 is 9.47 Å². The summed E-state index contributed by atoms with van der Waals surface area (Å²) in [7, 11) is 0. The highest BCUT2D eigenvalue weighted by Gasteiger charge is 2.04. The molecule has 0 heterocycles. The Balaban J connectivity index is 2.05. The number of rotatable bonds is 7. The van der Waals surface area contributed by atoms with E-state index in [0.29, 0.717) is 0 Å². The summed E-state index contributed by atoms with van der Waals surface area (Å²) in [5.41, 5.74) is 2.37. The molecule has 0 fully saturated rings. The first-order valence-electron chi connectivity index (χ1n) is 8.16. The van der Waals surface area contributed by atoms with Crippen molar-refractivity contribution in [1.29, 1.82) is 0 Å². The molecule has 0 radical (unpaired) electrons. The quantitative estimate of drug-likeness (QED) is 0.652. The zero-order chi connectivity index (χ0) is 15.9. The van der Waals surface area contributed by atoms with E-state index in [1.165, 1.54) is 11.1 Å². The standard InChI is InChI=1S/C20H26O2/c1-5-15(3)21-19-11-7-17(8-12-19)18-9-13-20(14-10-18)22-16(4)6-2/h7-16H,5-6H2,1-4H3/t15-,16-/m1/s1. The molecule has 22 heavy (non-hydrogen) atoms. The van der Waals surface area contributed by atoms with E-state index in [9.17, 15) is 0 Å². The molecule has 0 aliphatic carbocycles. The minimum atomic E-state index is 0.253. The lowest BCUT2D eigenvalue weighted by atomic mass is 10.1. The Morgan fingerprint density at radius 2 is 0.955 bits per heavy atom. The van der Waals surface area contributed by atoms with Crippen molar-refractivity contribution in [1.82, 2.24) is 0 Å². The van der Waals surface area contributed by atoms with Crippen LogP contribution in [-0.2, 0) is 0 Å². The van der Waals surface area contributed by atoms with Crippen molar-refractivity contribution in [2.75, 3.05) is 0 Å². The molecule has 2 heteroatoms. The lowest BCUT2D eigenvalue weighted by molar-refractivity contribution is 0.217. The van der Waals surface area contributed by atoms with Crippen molar-refractivity contribution in [2.45, 2.75) is 52.7 Å². The van der Waals surface area contributed by atoms with Gasteiger partial charge in [0.1, 0.15) is 11.5 Å². The average Bonchev–Trinajstić information content (AvgIpc) is 2.56. The Hall–Kier alpha value is -1.96. The van der Waals surface area contributed by atoms with Gasteiger partial charge >= 0.3 is 0 Å². The fourth-order valence-corrected chi connectivity index (χ4v) is 2.08. The summed E-state index contributed by atoms with van der Waals surface area (Å²) < 4.78 is 11.6. The third-order valence-electron chi connectivity index (χ3n) is 3.87. The zero-order valence-corrected chi connectivity index (χ0v) is 14.0. The van der Waals surface area contributed by atoms with Crippen LogP contribution in [0.1, 0.15) is 40.5 Å². The van der Waals surface area contributed by atoms with Gasteiger partial charge < -0.3 is 9.47 Å². The van der Waals surface area contributed by atoms with Crippen molar-refractivity contribution in [2.24, 2.45) is 0 Å². The minimum Gasteiger partial charge on any atom is -0.491 e. The maximum Gasteiger partial charge on any atom is 0.119 e. The van der Waals surface area contributed by atoms with E-state index < -0.39 is 0 Å². The van der Waals surface area contributed by atoms with Gasteiger partial charge in [-0.1, -0.05) is 38.1 Å². The summed E-state index contributed by atoms with van der Waals surface area (Å²) >= 11 is 0. The Morgan fingerprint density at radius 3 is 1.23 bits per heavy atom. The molecule has 0 spiro atoms. The Morgan fingerprint density at radius 1 is 0.636 bits per heavy atom. The number of hydrogen-bond donors (Lipinski definition) is 0. The van der Waals surface area contributed by atoms with Crippen LogP contribution in [0.2, 0.25) is 0 Å². The molecular formula is C20H26O2. The number of hydrogen-bond acceptors (Lipinski definition) is 2. The summed E-state index contributed by atoms with van der Waals surface area (Å²) in [6, 6.07) is 16.5. The number of ether oxygens (including phenoxy) is 2. The predicted molar refractivity (Wildman–Crippen MR) is 92.6 cm³/mol. The van der Waals surface area contributed by atoms with Crippen LogP contribution in [0.25, 0.3) is 11.1 Å². The molecule has 0 saturated carbocycles. The topological polar surface area (TPSA) is 18.5 Å². The highest BCUT2D eigenvalue weighted by Crippen LogP contribution is 2.25. The van der Waals surface area contributed by atoms with Crippen molar-refractivity contribution in [3.8, 4) is 22.6 Å².